The van der Waals surface area contributed by atoms with Gasteiger partial charge in [0, 0.05) is 20.6 Å². The maximum Gasteiger partial charge on any atom is 0.247 e. The zero-order valence-corrected chi connectivity index (χ0v) is 15.0. The Hall–Kier alpha value is -2.51. The Balaban J connectivity index is 1.54. The zero-order valence-electron chi connectivity index (χ0n) is 12.7. The summed E-state index contributed by atoms with van der Waals surface area (Å²) < 4.78 is 11.9. The highest BCUT2D eigenvalue weighted by atomic mass is 79.9. The first-order chi connectivity index (χ1) is 12.2. The molecule has 4 aromatic rings. The summed E-state index contributed by atoms with van der Waals surface area (Å²) in [5, 5.41) is 12.7. The van der Waals surface area contributed by atoms with Crippen molar-refractivity contribution in [2.45, 2.75) is 6.42 Å². The molecule has 0 N–H and O–H groups in total. The van der Waals surface area contributed by atoms with Crippen LogP contribution < -0.4 is 0 Å². The minimum Gasteiger partial charge on any atom is -0.420 e. The first-order valence-corrected chi connectivity index (χ1v) is 8.51. The van der Waals surface area contributed by atoms with Crippen molar-refractivity contribution in [2.24, 2.45) is 0 Å². The summed E-state index contributed by atoms with van der Waals surface area (Å²) in [5.74, 6) is 1.69. The second kappa shape index (κ2) is 6.78. The second-order valence-electron chi connectivity index (χ2n) is 5.21. The lowest BCUT2D eigenvalue weighted by Gasteiger charge is -1.94. The van der Waals surface area contributed by atoms with Crippen LogP contribution in [0.4, 0.5) is 0 Å². The van der Waals surface area contributed by atoms with E-state index in [1.807, 2.05) is 36.4 Å². The molecule has 0 aliphatic carbocycles. The molecule has 2 aromatic heterocycles. The summed E-state index contributed by atoms with van der Waals surface area (Å²) >= 11 is 9.40. The Morgan fingerprint density at radius 2 is 1.80 bits per heavy atom. The maximum atomic E-state index is 5.98. The van der Waals surface area contributed by atoms with Crippen LogP contribution in [-0.4, -0.2) is 20.3 Å². The van der Waals surface area contributed by atoms with Crippen molar-refractivity contribution in [3.8, 4) is 22.8 Å². The Morgan fingerprint density at radius 1 is 0.960 bits per heavy atom. The first-order valence-electron chi connectivity index (χ1n) is 7.34. The molecule has 124 valence electrons. The van der Waals surface area contributed by atoms with Crippen molar-refractivity contribution in [1.82, 2.24) is 20.3 Å². The predicted octanol–water partition coefficient (Wildman–Crippen LogP) is 4.79. The number of halogens is 2. The van der Waals surface area contributed by atoms with Crippen molar-refractivity contribution in [3.63, 3.8) is 0 Å². The third-order valence-electron chi connectivity index (χ3n) is 3.39. The number of hydrogen-bond acceptors (Lipinski definition) is 6. The number of rotatable bonds is 4. The van der Waals surface area contributed by atoms with Gasteiger partial charge in [0.1, 0.15) is 6.42 Å². The van der Waals surface area contributed by atoms with Gasteiger partial charge in [0.2, 0.25) is 23.5 Å². The Labute approximate surface area is 156 Å². The summed E-state index contributed by atoms with van der Waals surface area (Å²) in [6.45, 7) is 0. The van der Waals surface area contributed by atoms with Crippen LogP contribution in [0.15, 0.2) is 61.9 Å². The molecule has 0 atom stereocenters. The quantitative estimate of drug-likeness (QED) is 0.475. The summed E-state index contributed by atoms with van der Waals surface area (Å²) in [6.07, 6.45) is 0.259. The minimum atomic E-state index is 0.259. The molecule has 0 unspecified atom stereocenters. The van der Waals surface area contributed by atoms with Crippen LogP contribution in [-0.2, 0) is 6.42 Å². The SMILES string of the molecule is Clc1cccc(-c2noc(Cc3nnc(-c4cccc(Br)c4)o3)n2)c1. The van der Waals surface area contributed by atoms with Crippen LogP contribution in [0, 0.1) is 0 Å². The van der Waals surface area contributed by atoms with E-state index < -0.39 is 0 Å². The van der Waals surface area contributed by atoms with Gasteiger partial charge in [0.25, 0.3) is 0 Å². The lowest BCUT2D eigenvalue weighted by molar-refractivity contribution is 0.374. The van der Waals surface area contributed by atoms with Gasteiger partial charge in [0.05, 0.1) is 0 Å². The van der Waals surface area contributed by atoms with Crippen LogP contribution in [0.2, 0.25) is 5.02 Å². The Morgan fingerprint density at radius 3 is 2.64 bits per heavy atom. The third-order valence-corrected chi connectivity index (χ3v) is 4.12. The number of aromatic nitrogens is 4. The van der Waals surface area contributed by atoms with Crippen molar-refractivity contribution in [3.05, 3.63) is 69.8 Å². The molecule has 8 heteroatoms. The van der Waals surface area contributed by atoms with Gasteiger partial charge in [0.15, 0.2) is 0 Å². The molecular weight excluding hydrogens is 408 g/mol. The van der Waals surface area contributed by atoms with E-state index in [0.29, 0.717) is 28.5 Å². The fourth-order valence-corrected chi connectivity index (χ4v) is 2.85. The van der Waals surface area contributed by atoms with Crippen molar-refractivity contribution in [2.75, 3.05) is 0 Å². The molecule has 6 nitrogen and oxygen atoms in total. The van der Waals surface area contributed by atoms with Crippen molar-refractivity contribution in [1.29, 1.82) is 0 Å². The summed E-state index contributed by atoms with van der Waals surface area (Å²) in [7, 11) is 0. The average molecular weight is 418 g/mol. The molecule has 0 saturated heterocycles. The molecule has 4 rings (SSSR count). The van der Waals surface area contributed by atoms with Crippen LogP contribution >= 0.6 is 27.5 Å². The van der Waals surface area contributed by atoms with Crippen molar-refractivity contribution < 1.29 is 8.94 Å². The van der Waals surface area contributed by atoms with E-state index in [0.717, 1.165) is 15.6 Å². The molecule has 2 aromatic carbocycles. The van der Waals surface area contributed by atoms with Gasteiger partial charge >= 0.3 is 0 Å². The maximum absolute atomic E-state index is 5.98. The molecule has 0 fully saturated rings. The number of hydrogen-bond donors (Lipinski definition) is 0. The third kappa shape index (κ3) is 3.62. The van der Waals surface area contributed by atoms with E-state index in [-0.39, 0.29) is 6.42 Å². The predicted molar refractivity (Wildman–Crippen MR) is 95.0 cm³/mol. The van der Waals surface area contributed by atoms with Gasteiger partial charge in [-0.2, -0.15) is 4.98 Å². The minimum absolute atomic E-state index is 0.259. The van der Waals surface area contributed by atoms with E-state index in [9.17, 15) is 0 Å². The summed E-state index contributed by atoms with van der Waals surface area (Å²) in [6, 6.07) is 14.9. The average Bonchev–Trinajstić information content (AvgIpc) is 3.25. The Bertz CT molecular complexity index is 949. The monoisotopic (exact) mass is 416 g/mol. The molecular formula is C17H10BrClN4O2. The van der Waals surface area contributed by atoms with Crippen molar-refractivity contribution >= 4 is 27.5 Å². The van der Waals surface area contributed by atoms with Crippen LogP contribution in [0.1, 0.15) is 11.8 Å². The summed E-state index contributed by atoms with van der Waals surface area (Å²) in [5.41, 5.74) is 1.61. The molecule has 0 aliphatic heterocycles. The topological polar surface area (TPSA) is 77.8 Å². The molecule has 0 aliphatic rings. The lowest BCUT2D eigenvalue weighted by atomic mass is 10.2. The van der Waals surface area contributed by atoms with Gasteiger partial charge in [-0.1, -0.05) is 50.9 Å². The van der Waals surface area contributed by atoms with E-state index in [2.05, 4.69) is 36.3 Å². The fourth-order valence-electron chi connectivity index (χ4n) is 2.26. The van der Waals surface area contributed by atoms with Gasteiger partial charge in [-0.05, 0) is 30.3 Å². The van der Waals surface area contributed by atoms with Gasteiger partial charge < -0.3 is 8.94 Å². The van der Waals surface area contributed by atoms with Gasteiger partial charge in [-0.25, -0.2) is 0 Å². The van der Waals surface area contributed by atoms with Gasteiger partial charge in [-0.15, -0.1) is 10.2 Å². The molecule has 0 amide bonds. The van der Waals surface area contributed by atoms with Crippen LogP contribution in [0.5, 0.6) is 0 Å². The molecule has 0 saturated carbocycles. The number of nitrogens with zero attached hydrogens (tertiary/aromatic N) is 4. The van der Waals surface area contributed by atoms with E-state index in [4.69, 9.17) is 20.5 Å². The van der Waals surface area contributed by atoms with Gasteiger partial charge in [-0.3, -0.25) is 0 Å². The summed E-state index contributed by atoms with van der Waals surface area (Å²) in [4.78, 5) is 4.34. The highest BCUT2D eigenvalue weighted by molar-refractivity contribution is 9.10. The largest absolute Gasteiger partial charge is 0.420 e. The Kier molecular flexibility index (Phi) is 4.33. The fraction of sp³-hybridized carbons (Fsp3) is 0.0588. The smallest absolute Gasteiger partial charge is 0.247 e. The molecule has 0 spiro atoms. The second-order valence-corrected chi connectivity index (χ2v) is 6.56. The standard InChI is InChI=1S/C17H10BrClN4O2/c18-12-5-1-4-11(7-12)17-22-21-15(24-17)9-14-20-16(23-25-14)10-3-2-6-13(19)8-10/h1-8H,9H2. The van der Waals surface area contributed by atoms with E-state index in [1.165, 1.54) is 0 Å². The first kappa shape index (κ1) is 16.0. The highest BCUT2D eigenvalue weighted by Crippen LogP contribution is 2.23. The molecule has 25 heavy (non-hydrogen) atoms. The molecule has 0 bridgehead atoms. The lowest BCUT2D eigenvalue weighted by Crippen LogP contribution is -1.89. The van der Waals surface area contributed by atoms with E-state index >= 15 is 0 Å². The van der Waals surface area contributed by atoms with Crippen LogP contribution in [0.3, 0.4) is 0 Å². The zero-order chi connectivity index (χ0) is 17.2. The van der Waals surface area contributed by atoms with Crippen LogP contribution in [0.25, 0.3) is 22.8 Å². The molecule has 0 radical (unpaired) electrons. The normalized spacial score (nSPS) is 11.0. The number of benzene rings is 2. The highest BCUT2D eigenvalue weighted by Gasteiger charge is 2.14. The van der Waals surface area contributed by atoms with E-state index in [1.54, 1.807) is 12.1 Å². The molecule has 2 heterocycles.